The third-order valence-electron chi connectivity index (χ3n) is 4.53. The molecule has 1 aliphatic heterocycles. The number of ether oxygens (including phenoxy) is 1. The molecule has 0 atom stereocenters. The van der Waals surface area contributed by atoms with Crippen LogP contribution in [0.3, 0.4) is 0 Å². The van der Waals surface area contributed by atoms with Crippen molar-refractivity contribution in [2.75, 3.05) is 19.6 Å². The predicted molar refractivity (Wildman–Crippen MR) is 99.3 cm³/mol. The van der Waals surface area contributed by atoms with Crippen molar-refractivity contribution >= 4 is 17.8 Å². The summed E-state index contributed by atoms with van der Waals surface area (Å²) >= 11 is 0. The molecule has 0 radical (unpaired) electrons. The Labute approximate surface area is 171 Å². The summed E-state index contributed by atoms with van der Waals surface area (Å²) < 4.78 is 57.3. The minimum Gasteiger partial charge on any atom is -0.444 e. The smallest absolute Gasteiger partial charge is 0.416 e. The number of nitrogens with one attached hydrogen (secondary N) is 1. The standard InChI is InChI=1S/C20H24F4N2O4/c1-19(2,3)30-18(29)26-8-6-12(7-9-26)17(28)25-11-16(27)14-10-13(20(22,23)24)4-5-15(14)21/h4-5,10,12H,6-9,11H2,1-3H3,(H,25,28). The van der Waals surface area contributed by atoms with Gasteiger partial charge >= 0.3 is 12.3 Å². The van der Waals surface area contributed by atoms with Crippen LogP contribution in [0.5, 0.6) is 0 Å². The maximum absolute atomic E-state index is 13.8. The molecule has 30 heavy (non-hydrogen) atoms. The first-order chi connectivity index (χ1) is 13.8. The molecule has 1 aromatic carbocycles. The number of piperidine rings is 1. The van der Waals surface area contributed by atoms with Crippen LogP contribution in [0.25, 0.3) is 0 Å². The number of halogens is 4. The highest BCUT2D eigenvalue weighted by molar-refractivity contribution is 5.99. The average Bonchev–Trinajstić information content (AvgIpc) is 2.64. The molecule has 1 N–H and O–H groups in total. The summed E-state index contributed by atoms with van der Waals surface area (Å²) in [4.78, 5) is 37.9. The Morgan fingerprint density at radius 2 is 1.73 bits per heavy atom. The van der Waals surface area contributed by atoms with E-state index < -0.39 is 59.0 Å². The monoisotopic (exact) mass is 432 g/mol. The second kappa shape index (κ2) is 9.01. The molecule has 1 heterocycles. The summed E-state index contributed by atoms with van der Waals surface area (Å²) in [5, 5.41) is 2.35. The van der Waals surface area contributed by atoms with Gasteiger partial charge in [0.2, 0.25) is 5.91 Å². The predicted octanol–water partition coefficient (Wildman–Crippen LogP) is 3.79. The number of Topliss-reactive ketones (excluding diaryl/α,β-unsaturated/α-hetero) is 1. The van der Waals surface area contributed by atoms with E-state index in [9.17, 15) is 31.9 Å². The highest BCUT2D eigenvalue weighted by Gasteiger charge is 2.33. The molecule has 0 aromatic heterocycles. The molecule has 6 nitrogen and oxygen atoms in total. The Kier molecular flexibility index (Phi) is 7.10. The lowest BCUT2D eigenvalue weighted by Gasteiger charge is -2.32. The molecule has 0 saturated carbocycles. The van der Waals surface area contributed by atoms with Gasteiger partial charge in [-0.15, -0.1) is 0 Å². The Morgan fingerprint density at radius 1 is 1.13 bits per heavy atom. The third kappa shape index (κ3) is 6.43. The fourth-order valence-electron chi connectivity index (χ4n) is 2.97. The largest absolute Gasteiger partial charge is 0.444 e. The normalized spacial score (nSPS) is 15.6. The average molecular weight is 432 g/mol. The fourth-order valence-corrected chi connectivity index (χ4v) is 2.97. The van der Waals surface area contributed by atoms with E-state index in [1.54, 1.807) is 20.8 Å². The van der Waals surface area contributed by atoms with E-state index in [0.717, 1.165) is 0 Å². The van der Waals surface area contributed by atoms with Gasteiger partial charge in [-0.25, -0.2) is 9.18 Å². The van der Waals surface area contributed by atoms with Crippen molar-refractivity contribution in [2.24, 2.45) is 5.92 Å². The lowest BCUT2D eigenvalue weighted by Crippen LogP contribution is -2.45. The van der Waals surface area contributed by atoms with E-state index in [-0.39, 0.29) is 0 Å². The Hall–Kier alpha value is -2.65. The van der Waals surface area contributed by atoms with Gasteiger partial charge in [-0.1, -0.05) is 0 Å². The molecular weight excluding hydrogens is 408 g/mol. The van der Waals surface area contributed by atoms with Gasteiger partial charge in [-0.2, -0.15) is 13.2 Å². The van der Waals surface area contributed by atoms with Gasteiger partial charge in [0.25, 0.3) is 0 Å². The highest BCUT2D eigenvalue weighted by Crippen LogP contribution is 2.30. The number of alkyl halides is 3. The second-order valence-corrected chi connectivity index (χ2v) is 8.08. The van der Waals surface area contributed by atoms with Crippen molar-refractivity contribution < 1.29 is 36.7 Å². The van der Waals surface area contributed by atoms with Crippen molar-refractivity contribution in [1.82, 2.24) is 10.2 Å². The Bertz CT molecular complexity index is 810. The Balaban J connectivity index is 1.88. The van der Waals surface area contributed by atoms with Crippen molar-refractivity contribution in [3.05, 3.63) is 35.1 Å². The van der Waals surface area contributed by atoms with Crippen molar-refractivity contribution in [3.8, 4) is 0 Å². The first kappa shape index (κ1) is 23.6. The van der Waals surface area contributed by atoms with Gasteiger partial charge < -0.3 is 15.0 Å². The summed E-state index contributed by atoms with van der Waals surface area (Å²) in [5.74, 6) is -2.99. The number of ketones is 1. The zero-order chi connectivity index (χ0) is 22.7. The summed E-state index contributed by atoms with van der Waals surface area (Å²) in [5.41, 5.74) is -2.51. The molecule has 0 unspecified atom stereocenters. The van der Waals surface area contributed by atoms with E-state index in [4.69, 9.17) is 4.74 Å². The van der Waals surface area contributed by atoms with Crippen molar-refractivity contribution in [1.29, 1.82) is 0 Å². The molecular formula is C20H24F4N2O4. The van der Waals surface area contributed by atoms with E-state index in [0.29, 0.717) is 44.1 Å². The van der Waals surface area contributed by atoms with Crippen molar-refractivity contribution in [2.45, 2.75) is 45.4 Å². The van der Waals surface area contributed by atoms with Crippen LogP contribution in [0.2, 0.25) is 0 Å². The van der Waals surface area contributed by atoms with Gasteiger partial charge in [0, 0.05) is 19.0 Å². The van der Waals surface area contributed by atoms with Crippen LogP contribution in [0.15, 0.2) is 18.2 Å². The minimum absolute atomic E-state index is 0.295. The SMILES string of the molecule is CC(C)(C)OC(=O)N1CCC(C(=O)NCC(=O)c2cc(C(F)(F)F)ccc2F)CC1. The van der Waals surface area contributed by atoms with Crippen LogP contribution in [0.1, 0.15) is 49.5 Å². The summed E-state index contributed by atoms with van der Waals surface area (Å²) in [6.45, 7) is 5.20. The van der Waals surface area contributed by atoms with Gasteiger partial charge in [0.05, 0.1) is 17.7 Å². The lowest BCUT2D eigenvalue weighted by atomic mass is 9.96. The molecule has 10 heteroatoms. The number of hydrogen-bond acceptors (Lipinski definition) is 4. The maximum atomic E-state index is 13.8. The van der Waals surface area contributed by atoms with E-state index in [1.165, 1.54) is 4.90 Å². The van der Waals surface area contributed by atoms with Gasteiger partial charge in [-0.05, 0) is 51.8 Å². The molecule has 1 aliphatic rings. The first-order valence-corrected chi connectivity index (χ1v) is 9.43. The van der Waals surface area contributed by atoms with E-state index in [2.05, 4.69) is 5.32 Å². The summed E-state index contributed by atoms with van der Waals surface area (Å²) in [7, 11) is 0. The van der Waals surface area contributed by atoms with Crippen LogP contribution in [0, 0.1) is 11.7 Å². The molecule has 2 rings (SSSR count). The number of amides is 2. The molecule has 166 valence electrons. The zero-order valence-corrected chi connectivity index (χ0v) is 16.9. The molecule has 1 fully saturated rings. The highest BCUT2D eigenvalue weighted by atomic mass is 19.4. The topological polar surface area (TPSA) is 75.7 Å². The van der Waals surface area contributed by atoms with Crippen molar-refractivity contribution in [3.63, 3.8) is 0 Å². The van der Waals surface area contributed by atoms with Crippen LogP contribution < -0.4 is 5.32 Å². The number of likely N-dealkylation sites (tertiary alicyclic amines) is 1. The maximum Gasteiger partial charge on any atom is 0.416 e. The molecule has 0 aliphatic carbocycles. The molecule has 2 amide bonds. The fraction of sp³-hybridized carbons (Fsp3) is 0.550. The van der Waals surface area contributed by atoms with Crippen LogP contribution in [-0.4, -0.2) is 47.9 Å². The quantitative estimate of drug-likeness (QED) is 0.580. The summed E-state index contributed by atoms with van der Waals surface area (Å²) in [6, 6.07) is 1.55. The van der Waals surface area contributed by atoms with Crippen LogP contribution in [-0.2, 0) is 15.7 Å². The summed E-state index contributed by atoms with van der Waals surface area (Å²) in [6.07, 6.45) is -4.50. The lowest BCUT2D eigenvalue weighted by molar-refractivity contribution is -0.137. The number of carbonyl (C=O) groups excluding carboxylic acids is 3. The van der Waals surface area contributed by atoms with Gasteiger partial charge in [0.1, 0.15) is 11.4 Å². The first-order valence-electron chi connectivity index (χ1n) is 9.43. The zero-order valence-electron chi connectivity index (χ0n) is 16.9. The molecule has 1 saturated heterocycles. The van der Waals surface area contributed by atoms with E-state index >= 15 is 0 Å². The van der Waals surface area contributed by atoms with Crippen LogP contribution in [0.4, 0.5) is 22.4 Å². The van der Waals surface area contributed by atoms with E-state index in [1.807, 2.05) is 0 Å². The number of hydrogen-bond donors (Lipinski definition) is 1. The molecule has 1 aromatic rings. The minimum atomic E-state index is -4.71. The number of carbonyl (C=O) groups is 3. The number of nitrogens with zero attached hydrogens (tertiary/aromatic N) is 1. The Morgan fingerprint density at radius 3 is 2.27 bits per heavy atom. The van der Waals surface area contributed by atoms with Crippen LogP contribution >= 0.6 is 0 Å². The van der Waals surface area contributed by atoms with Gasteiger partial charge in [0.15, 0.2) is 5.78 Å². The second-order valence-electron chi connectivity index (χ2n) is 8.08. The third-order valence-corrected chi connectivity index (χ3v) is 4.53. The number of benzene rings is 1. The number of rotatable bonds is 4. The molecule has 0 spiro atoms. The van der Waals surface area contributed by atoms with Gasteiger partial charge in [-0.3, -0.25) is 9.59 Å². The molecule has 0 bridgehead atoms.